The summed E-state index contributed by atoms with van der Waals surface area (Å²) in [5, 5.41) is -0.370. The number of likely N-dealkylation sites (tertiary alicyclic amines) is 1. The van der Waals surface area contributed by atoms with Crippen molar-refractivity contribution in [3.63, 3.8) is 0 Å². The van der Waals surface area contributed by atoms with Gasteiger partial charge in [0.05, 0.1) is 12.4 Å². The summed E-state index contributed by atoms with van der Waals surface area (Å²) in [5.74, 6) is 0.787. The molecule has 156 valence electrons. The summed E-state index contributed by atoms with van der Waals surface area (Å²) in [4.78, 5) is 29.0. The monoisotopic (exact) mass is 421 g/mol. The third-order valence-corrected chi connectivity index (χ3v) is 7.33. The van der Waals surface area contributed by atoms with Gasteiger partial charge in [-0.15, -0.1) is 11.8 Å². The van der Waals surface area contributed by atoms with E-state index >= 15 is 0 Å². The van der Waals surface area contributed by atoms with Gasteiger partial charge in [-0.25, -0.2) is 0 Å². The van der Waals surface area contributed by atoms with Crippen molar-refractivity contribution in [1.29, 1.82) is 0 Å². The average Bonchev–Trinajstić information content (AvgIpc) is 3.10. The van der Waals surface area contributed by atoms with Crippen molar-refractivity contribution in [2.45, 2.75) is 31.1 Å². The summed E-state index contributed by atoms with van der Waals surface area (Å²) in [6.45, 7) is 2.97. The van der Waals surface area contributed by atoms with Crippen LogP contribution >= 0.6 is 11.8 Å². The standard InChI is InChI=1S/C25H27NO3S/c1-29-24-23(28)22(16-21(27)19-10-6-3-7-11-19)30-25(24)20-12-14-26(15-13-20)17-18-8-4-2-5-9-18/h2-11,20,22H,12-17H2,1H3. The number of rotatable bonds is 7. The van der Waals surface area contributed by atoms with Gasteiger partial charge in [0.2, 0.25) is 5.78 Å². The molecule has 0 amide bonds. The molecule has 2 aromatic carbocycles. The van der Waals surface area contributed by atoms with Gasteiger partial charge in [0.15, 0.2) is 11.5 Å². The number of thioether (sulfide) groups is 1. The van der Waals surface area contributed by atoms with Gasteiger partial charge in [-0.3, -0.25) is 14.5 Å². The van der Waals surface area contributed by atoms with Crippen LogP contribution in [0.4, 0.5) is 0 Å². The molecule has 2 aliphatic rings. The molecule has 5 heteroatoms. The zero-order valence-corrected chi connectivity index (χ0v) is 18.1. The number of piperidine rings is 1. The topological polar surface area (TPSA) is 46.6 Å². The number of ether oxygens (including phenoxy) is 1. The third-order valence-electron chi connectivity index (χ3n) is 5.89. The van der Waals surface area contributed by atoms with Gasteiger partial charge in [-0.05, 0) is 37.4 Å². The van der Waals surface area contributed by atoms with E-state index < -0.39 is 0 Å². The molecule has 30 heavy (non-hydrogen) atoms. The molecule has 0 saturated carbocycles. The number of hydrogen-bond acceptors (Lipinski definition) is 5. The Morgan fingerprint density at radius 2 is 1.67 bits per heavy atom. The number of hydrogen-bond donors (Lipinski definition) is 0. The van der Waals surface area contributed by atoms with E-state index in [4.69, 9.17) is 4.74 Å². The van der Waals surface area contributed by atoms with E-state index in [9.17, 15) is 9.59 Å². The van der Waals surface area contributed by atoms with E-state index in [1.54, 1.807) is 31.0 Å². The predicted octanol–water partition coefficient (Wildman–Crippen LogP) is 4.71. The Bertz CT molecular complexity index is 918. The molecule has 1 saturated heterocycles. The number of allylic oxidation sites excluding steroid dienone is 2. The molecule has 2 aliphatic heterocycles. The quantitative estimate of drug-likeness (QED) is 0.606. The number of nitrogens with zero attached hydrogens (tertiary/aromatic N) is 1. The summed E-state index contributed by atoms with van der Waals surface area (Å²) in [5.41, 5.74) is 1.99. The second-order valence-electron chi connectivity index (χ2n) is 7.90. The van der Waals surface area contributed by atoms with Crippen molar-refractivity contribution >= 4 is 23.3 Å². The van der Waals surface area contributed by atoms with Crippen LogP contribution in [0.3, 0.4) is 0 Å². The Morgan fingerprint density at radius 3 is 2.30 bits per heavy atom. The highest BCUT2D eigenvalue weighted by atomic mass is 32.2. The Morgan fingerprint density at radius 1 is 1.03 bits per heavy atom. The van der Waals surface area contributed by atoms with Gasteiger partial charge in [0, 0.05) is 23.4 Å². The van der Waals surface area contributed by atoms with Gasteiger partial charge in [0.1, 0.15) is 0 Å². The van der Waals surface area contributed by atoms with Gasteiger partial charge in [0.25, 0.3) is 0 Å². The lowest BCUT2D eigenvalue weighted by Crippen LogP contribution is -2.33. The van der Waals surface area contributed by atoms with Crippen molar-refractivity contribution in [2.75, 3.05) is 20.2 Å². The minimum atomic E-state index is -0.370. The second-order valence-corrected chi connectivity index (χ2v) is 9.14. The van der Waals surface area contributed by atoms with Crippen molar-refractivity contribution in [2.24, 2.45) is 5.92 Å². The summed E-state index contributed by atoms with van der Waals surface area (Å²) in [7, 11) is 1.57. The summed E-state index contributed by atoms with van der Waals surface area (Å²) in [6.07, 6.45) is 2.24. The van der Waals surface area contributed by atoms with E-state index in [1.165, 1.54) is 5.56 Å². The Balaban J connectivity index is 1.37. The molecule has 1 atom stereocenters. The lowest BCUT2D eigenvalue weighted by Gasteiger charge is -2.32. The maximum atomic E-state index is 12.9. The SMILES string of the molecule is COC1=C(C2CCN(Cc3ccccc3)CC2)SC(CC(=O)c2ccccc2)C1=O. The smallest absolute Gasteiger partial charge is 0.211 e. The maximum Gasteiger partial charge on any atom is 0.211 e. The molecule has 2 aromatic rings. The Kier molecular flexibility index (Phi) is 6.70. The van der Waals surface area contributed by atoms with Crippen LogP contribution in [0.2, 0.25) is 0 Å². The molecule has 1 fully saturated rings. The fourth-order valence-corrected chi connectivity index (χ4v) is 5.72. The maximum absolute atomic E-state index is 12.9. The number of carbonyl (C=O) groups excluding carboxylic acids is 2. The van der Waals surface area contributed by atoms with Gasteiger partial charge < -0.3 is 4.74 Å². The largest absolute Gasteiger partial charge is 0.492 e. The first-order valence-electron chi connectivity index (χ1n) is 10.5. The highest BCUT2D eigenvalue weighted by Gasteiger charge is 2.40. The molecule has 0 spiro atoms. The van der Waals surface area contributed by atoms with Crippen LogP contribution in [0.25, 0.3) is 0 Å². The first-order valence-corrected chi connectivity index (χ1v) is 11.4. The van der Waals surface area contributed by atoms with Crippen LogP contribution in [-0.4, -0.2) is 41.9 Å². The molecule has 2 heterocycles. The molecule has 0 aromatic heterocycles. The highest BCUT2D eigenvalue weighted by Crippen LogP contribution is 2.45. The minimum Gasteiger partial charge on any atom is -0.492 e. The summed E-state index contributed by atoms with van der Waals surface area (Å²) < 4.78 is 5.51. The number of ketones is 2. The van der Waals surface area contributed by atoms with Crippen LogP contribution in [0.15, 0.2) is 71.3 Å². The number of Topliss-reactive ketones (excluding diaryl/α,β-unsaturated/α-hetero) is 2. The van der Waals surface area contributed by atoms with E-state index in [0.29, 0.717) is 17.2 Å². The van der Waals surface area contributed by atoms with Crippen LogP contribution in [0.1, 0.15) is 35.2 Å². The minimum absolute atomic E-state index is 0.0100. The van der Waals surface area contributed by atoms with Crippen molar-refractivity contribution in [3.05, 3.63) is 82.5 Å². The Hall–Kier alpha value is -2.37. The zero-order valence-electron chi connectivity index (χ0n) is 17.3. The molecule has 4 rings (SSSR count). The van der Waals surface area contributed by atoms with Crippen LogP contribution in [0.5, 0.6) is 0 Å². The van der Waals surface area contributed by atoms with Gasteiger partial charge >= 0.3 is 0 Å². The van der Waals surface area contributed by atoms with Crippen molar-refractivity contribution < 1.29 is 14.3 Å². The normalized spacial score (nSPS) is 20.6. The zero-order chi connectivity index (χ0) is 20.9. The van der Waals surface area contributed by atoms with Crippen LogP contribution in [0, 0.1) is 5.92 Å². The lowest BCUT2D eigenvalue weighted by atomic mass is 9.94. The lowest BCUT2D eigenvalue weighted by molar-refractivity contribution is -0.117. The Labute approximate surface area is 182 Å². The van der Waals surface area contributed by atoms with E-state index in [1.807, 2.05) is 24.3 Å². The molecule has 4 nitrogen and oxygen atoms in total. The number of benzene rings is 2. The number of carbonyl (C=O) groups is 2. The first-order chi connectivity index (χ1) is 14.7. The summed E-state index contributed by atoms with van der Waals surface area (Å²) in [6, 6.07) is 19.7. The third kappa shape index (κ3) is 4.68. The molecule has 1 unspecified atom stereocenters. The second kappa shape index (κ2) is 9.63. The van der Waals surface area contributed by atoms with Crippen LogP contribution < -0.4 is 0 Å². The van der Waals surface area contributed by atoms with Gasteiger partial charge in [-0.2, -0.15) is 0 Å². The van der Waals surface area contributed by atoms with Crippen molar-refractivity contribution in [3.8, 4) is 0 Å². The van der Waals surface area contributed by atoms with Crippen molar-refractivity contribution in [1.82, 2.24) is 4.90 Å². The first kappa shape index (κ1) is 20.9. The van der Waals surface area contributed by atoms with E-state index in [0.717, 1.165) is 37.4 Å². The van der Waals surface area contributed by atoms with E-state index in [-0.39, 0.29) is 23.2 Å². The average molecular weight is 422 g/mol. The highest BCUT2D eigenvalue weighted by molar-refractivity contribution is 8.05. The molecule has 0 aliphatic carbocycles. The summed E-state index contributed by atoms with van der Waals surface area (Å²) >= 11 is 1.55. The molecule has 0 N–H and O–H groups in total. The fraction of sp³-hybridized carbons (Fsp3) is 0.360. The predicted molar refractivity (Wildman–Crippen MR) is 120 cm³/mol. The molecule has 0 radical (unpaired) electrons. The molecule has 0 bridgehead atoms. The van der Waals surface area contributed by atoms with Gasteiger partial charge in [-0.1, -0.05) is 60.7 Å². The van der Waals surface area contributed by atoms with E-state index in [2.05, 4.69) is 29.2 Å². The fourth-order valence-electron chi connectivity index (χ4n) is 4.25. The molecular weight excluding hydrogens is 394 g/mol. The number of methoxy groups -OCH3 is 1. The molecular formula is C25H27NO3S. The van der Waals surface area contributed by atoms with Crippen LogP contribution in [-0.2, 0) is 16.1 Å².